The third kappa shape index (κ3) is 3.34. The molecule has 1 N–H and O–H groups in total. The number of carbonyl (C=O) groups is 1. The van der Waals surface area contributed by atoms with E-state index < -0.39 is 0 Å². The fraction of sp³-hybridized carbons (Fsp3) is 0.714. The maximum Gasteiger partial charge on any atom is 0.263 e. The predicted octanol–water partition coefficient (Wildman–Crippen LogP) is 2.96. The number of ether oxygens (including phenoxy) is 1. The van der Waals surface area contributed by atoms with Crippen molar-refractivity contribution >= 4 is 17.2 Å². The Labute approximate surface area is 118 Å². The third-order valence-corrected chi connectivity index (χ3v) is 5.04. The number of thiazole rings is 1. The summed E-state index contributed by atoms with van der Waals surface area (Å²) in [5, 5.41) is 4.22. The molecule has 1 aromatic rings. The monoisotopic (exact) mass is 282 g/mol. The number of rotatable bonds is 4. The molecule has 1 saturated heterocycles. The van der Waals surface area contributed by atoms with Crippen LogP contribution in [-0.2, 0) is 4.74 Å². The summed E-state index contributed by atoms with van der Waals surface area (Å²) in [5.41, 5.74) is -0.0999. The van der Waals surface area contributed by atoms with Crippen molar-refractivity contribution in [3.8, 4) is 0 Å². The Morgan fingerprint density at radius 3 is 2.74 bits per heavy atom. The molecule has 5 heteroatoms. The van der Waals surface area contributed by atoms with Gasteiger partial charge in [0.2, 0.25) is 0 Å². The molecule has 1 aromatic heterocycles. The van der Waals surface area contributed by atoms with Crippen molar-refractivity contribution in [1.82, 2.24) is 10.3 Å². The van der Waals surface area contributed by atoms with Crippen molar-refractivity contribution in [3.05, 3.63) is 16.1 Å². The number of nitrogens with one attached hydrogen (secondary N) is 1. The molecule has 1 aliphatic heterocycles. The topological polar surface area (TPSA) is 51.2 Å². The van der Waals surface area contributed by atoms with Crippen molar-refractivity contribution in [2.24, 2.45) is 0 Å². The van der Waals surface area contributed by atoms with Gasteiger partial charge < -0.3 is 10.1 Å². The second-order valence-corrected chi connectivity index (χ2v) is 6.48. The van der Waals surface area contributed by atoms with Crippen molar-refractivity contribution in [2.75, 3.05) is 13.2 Å². The minimum atomic E-state index is -0.0999. The zero-order valence-electron chi connectivity index (χ0n) is 11.9. The third-order valence-electron chi connectivity index (χ3n) is 3.75. The van der Waals surface area contributed by atoms with E-state index in [9.17, 15) is 4.79 Å². The van der Waals surface area contributed by atoms with Crippen LogP contribution in [0.25, 0.3) is 0 Å². The molecule has 0 saturated carbocycles. The summed E-state index contributed by atoms with van der Waals surface area (Å²) in [4.78, 5) is 17.4. The summed E-state index contributed by atoms with van der Waals surface area (Å²) in [5.74, 6) is 0.378. The first kappa shape index (κ1) is 14.5. The fourth-order valence-electron chi connectivity index (χ4n) is 2.29. The minimum Gasteiger partial charge on any atom is -0.381 e. The summed E-state index contributed by atoms with van der Waals surface area (Å²) < 4.78 is 5.39. The predicted molar refractivity (Wildman–Crippen MR) is 76.7 cm³/mol. The second kappa shape index (κ2) is 6.01. The summed E-state index contributed by atoms with van der Waals surface area (Å²) >= 11 is 1.49. The zero-order valence-corrected chi connectivity index (χ0v) is 12.7. The first-order valence-corrected chi connectivity index (χ1v) is 7.74. The largest absolute Gasteiger partial charge is 0.381 e. The van der Waals surface area contributed by atoms with Gasteiger partial charge in [0.15, 0.2) is 0 Å². The lowest BCUT2D eigenvalue weighted by Gasteiger charge is -2.37. The number of carbonyl (C=O) groups excluding carboxylic acids is 1. The molecule has 106 valence electrons. The average molecular weight is 282 g/mol. The Morgan fingerprint density at radius 1 is 1.53 bits per heavy atom. The van der Waals surface area contributed by atoms with Crippen LogP contribution in [-0.4, -0.2) is 29.6 Å². The van der Waals surface area contributed by atoms with Crippen LogP contribution >= 0.6 is 11.3 Å². The minimum absolute atomic E-state index is 0.00755. The van der Waals surface area contributed by atoms with E-state index in [0.29, 0.717) is 10.8 Å². The lowest BCUT2D eigenvalue weighted by atomic mass is 9.87. The van der Waals surface area contributed by atoms with Crippen molar-refractivity contribution in [3.63, 3.8) is 0 Å². The Hall–Kier alpha value is -0.940. The Morgan fingerprint density at radius 2 is 2.21 bits per heavy atom. The first-order valence-electron chi connectivity index (χ1n) is 6.92. The number of amides is 1. The van der Waals surface area contributed by atoms with E-state index >= 15 is 0 Å². The molecule has 2 heterocycles. The molecule has 0 unspecified atom stereocenters. The molecule has 0 aliphatic carbocycles. The summed E-state index contributed by atoms with van der Waals surface area (Å²) in [6.07, 6.45) is 4.42. The summed E-state index contributed by atoms with van der Waals surface area (Å²) in [6, 6.07) is 0. The maximum atomic E-state index is 12.3. The van der Waals surface area contributed by atoms with E-state index in [1.165, 1.54) is 11.3 Å². The Bertz CT molecular complexity index is 436. The SMILES string of the molecule is CCC1(NC(=O)c2cnc(C(C)C)s2)CCOCC1. The smallest absolute Gasteiger partial charge is 0.263 e. The highest BCUT2D eigenvalue weighted by Gasteiger charge is 2.33. The molecular formula is C14H22N2O2S. The molecule has 1 aliphatic rings. The van der Waals surface area contributed by atoms with Gasteiger partial charge in [0.1, 0.15) is 4.88 Å². The number of hydrogen-bond acceptors (Lipinski definition) is 4. The van der Waals surface area contributed by atoms with E-state index in [1.54, 1.807) is 6.20 Å². The Balaban J connectivity index is 2.06. The van der Waals surface area contributed by atoms with Crippen LogP contribution in [0.2, 0.25) is 0 Å². The highest BCUT2D eigenvalue weighted by atomic mass is 32.1. The van der Waals surface area contributed by atoms with Gasteiger partial charge in [-0.1, -0.05) is 20.8 Å². The Kier molecular flexibility index (Phi) is 4.58. The lowest BCUT2D eigenvalue weighted by molar-refractivity contribution is 0.0346. The number of nitrogens with zero attached hydrogens (tertiary/aromatic N) is 1. The zero-order chi connectivity index (χ0) is 13.9. The van der Waals surface area contributed by atoms with Gasteiger partial charge in [0, 0.05) is 24.7 Å². The van der Waals surface area contributed by atoms with E-state index in [1.807, 2.05) is 0 Å². The first-order chi connectivity index (χ1) is 9.06. The van der Waals surface area contributed by atoms with Crippen LogP contribution < -0.4 is 5.32 Å². The molecule has 1 amide bonds. The molecule has 0 radical (unpaired) electrons. The van der Waals surface area contributed by atoms with Crippen LogP contribution in [0.3, 0.4) is 0 Å². The maximum absolute atomic E-state index is 12.3. The number of hydrogen-bond donors (Lipinski definition) is 1. The summed E-state index contributed by atoms with van der Waals surface area (Å²) in [6.45, 7) is 7.76. The lowest BCUT2D eigenvalue weighted by Crippen LogP contribution is -2.51. The molecule has 0 atom stereocenters. The van der Waals surface area contributed by atoms with Crippen LogP contribution in [0.4, 0.5) is 0 Å². The number of aromatic nitrogens is 1. The van der Waals surface area contributed by atoms with Crippen molar-refractivity contribution < 1.29 is 9.53 Å². The van der Waals surface area contributed by atoms with Crippen LogP contribution in [0.15, 0.2) is 6.20 Å². The molecule has 4 nitrogen and oxygen atoms in total. The molecule has 0 spiro atoms. The molecule has 19 heavy (non-hydrogen) atoms. The van der Waals surface area contributed by atoms with Gasteiger partial charge >= 0.3 is 0 Å². The van der Waals surface area contributed by atoms with Gasteiger partial charge in [0.05, 0.1) is 11.2 Å². The molecular weight excluding hydrogens is 260 g/mol. The van der Waals surface area contributed by atoms with Gasteiger partial charge in [-0.3, -0.25) is 4.79 Å². The van der Waals surface area contributed by atoms with Crippen LogP contribution in [0, 0.1) is 0 Å². The van der Waals surface area contributed by atoms with E-state index in [4.69, 9.17) is 4.74 Å². The second-order valence-electron chi connectivity index (χ2n) is 5.42. The normalized spacial score (nSPS) is 18.5. The average Bonchev–Trinajstić information content (AvgIpc) is 2.89. The summed E-state index contributed by atoms with van der Waals surface area (Å²) in [7, 11) is 0. The quantitative estimate of drug-likeness (QED) is 0.923. The van der Waals surface area contributed by atoms with Gasteiger partial charge in [-0.25, -0.2) is 4.98 Å². The van der Waals surface area contributed by atoms with E-state index in [2.05, 4.69) is 31.1 Å². The van der Waals surface area contributed by atoms with Crippen molar-refractivity contribution in [2.45, 2.75) is 51.5 Å². The molecule has 2 rings (SSSR count). The van der Waals surface area contributed by atoms with Gasteiger partial charge in [-0.2, -0.15) is 0 Å². The van der Waals surface area contributed by atoms with Gasteiger partial charge in [-0.05, 0) is 19.3 Å². The van der Waals surface area contributed by atoms with Crippen molar-refractivity contribution in [1.29, 1.82) is 0 Å². The van der Waals surface area contributed by atoms with Crippen LogP contribution in [0.5, 0.6) is 0 Å². The van der Waals surface area contributed by atoms with Gasteiger partial charge in [0.25, 0.3) is 5.91 Å². The van der Waals surface area contributed by atoms with Crippen LogP contribution in [0.1, 0.15) is 60.6 Å². The molecule has 0 bridgehead atoms. The van der Waals surface area contributed by atoms with Gasteiger partial charge in [-0.15, -0.1) is 11.3 Å². The van der Waals surface area contributed by atoms with E-state index in [0.717, 1.165) is 37.5 Å². The standard InChI is InChI=1S/C14H22N2O2S/c1-4-14(5-7-18-8-6-14)16-12(17)11-9-15-13(19-11)10(2)3/h9-10H,4-8H2,1-3H3,(H,16,17). The highest BCUT2D eigenvalue weighted by molar-refractivity contribution is 7.13. The molecule has 1 fully saturated rings. The van der Waals surface area contributed by atoms with E-state index in [-0.39, 0.29) is 11.4 Å². The highest BCUT2D eigenvalue weighted by Crippen LogP contribution is 2.26. The fourth-order valence-corrected chi connectivity index (χ4v) is 3.11. The molecule has 0 aromatic carbocycles.